The van der Waals surface area contributed by atoms with Crippen molar-refractivity contribution in [2.24, 2.45) is 0 Å². The third-order valence-corrected chi connectivity index (χ3v) is 9.38. The standard InChI is InChI=1S/C28H36N10O13S3/c1-50-27-34-23(29-9-14-52(41,42)43)32-24(35-27)30-19-7-5-17(21(15-19)53(44,45)46)3-4-18-6-8-20(16-22(18)54(47,48)49)31-25-33-26(37-28(36-25)51-2)38(10-12-39)11-13-40/h3-8,15-16,39-40,44-46H,9-14H2,1-2H3,(H,41,42,43)(H,47,48,49)(H,31,33,36,37)(H2,29,30,32,34,35). The fourth-order valence-corrected chi connectivity index (χ4v) is 6.27. The molecule has 54 heavy (non-hydrogen) atoms. The van der Waals surface area contributed by atoms with E-state index in [0.29, 0.717) is 0 Å². The van der Waals surface area contributed by atoms with Crippen molar-refractivity contribution in [3.63, 3.8) is 0 Å². The zero-order chi connectivity index (χ0) is 39.7. The Labute approximate surface area is 309 Å². The maximum atomic E-state index is 12.5. The Morgan fingerprint density at radius 1 is 0.685 bits per heavy atom. The van der Waals surface area contributed by atoms with Gasteiger partial charge < -0.3 is 54.2 Å². The molecule has 0 aliphatic carbocycles. The number of ether oxygens (including phenoxy) is 2. The third-order valence-electron chi connectivity index (χ3n) is 6.80. The molecule has 0 saturated heterocycles. The molecule has 0 aliphatic heterocycles. The second-order valence-corrected chi connectivity index (χ2v) is 15.1. The second-order valence-electron chi connectivity index (χ2n) is 10.6. The van der Waals surface area contributed by atoms with Crippen molar-refractivity contribution >= 4 is 78.4 Å². The molecule has 0 spiro atoms. The Morgan fingerprint density at radius 2 is 1.19 bits per heavy atom. The molecule has 0 saturated carbocycles. The highest BCUT2D eigenvalue weighted by Crippen LogP contribution is 2.47. The predicted molar refractivity (Wildman–Crippen MR) is 196 cm³/mol. The third kappa shape index (κ3) is 12.0. The van der Waals surface area contributed by atoms with Crippen LogP contribution in [-0.4, -0.2) is 133 Å². The van der Waals surface area contributed by atoms with E-state index < -0.39 is 46.7 Å². The highest BCUT2D eigenvalue weighted by atomic mass is 32.3. The Morgan fingerprint density at radius 3 is 1.69 bits per heavy atom. The molecule has 0 fully saturated rings. The first-order chi connectivity index (χ1) is 25.4. The van der Waals surface area contributed by atoms with E-state index in [1.165, 1.54) is 55.5 Å². The van der Waals surface area contributed by atoms with E-state index in [-0.39, 0.29) is 91.2 Å². The van der Waals surface area contributed by atoms with Gasteiger partial charge in [0.25, 0.3) is 20.2 Å². The molecule has 10 N–H and O–H groups in total. The summed E-state index contributed by atoms with van der Waals surface area (Å²) < 4.78 is 107. The minimum atomic E-state index is -4.87. The van der Waals surface area contributed by atoms with Gasteiger partial charge in [0.2, 0.25) is 23.8 Å². The highest BCUT2D eigenvalue weighted by Gasteiger charge is 2.22. The van der Waals surface area contributed by atoms with Crippen LogP contribution in [0, 0.1) is 0 Å². The molecule has 0 aliphatic rings. The summed E-state index contributed by atoms with van der Waals surface area (Å²) in [6.07, 6.45) is 2.49. The van der Waals surface area contributed by atoms with Crippen molar-refractivity contribution in [3.8, 4) is 12.0 Å². The summed E-state index contributed by atoms with van der Waals surface area (Å²) in [4.78, 5) is 24.9. The van der Waals surface area contributed by atoms with Crippen molar-refractivity contribution < 1.29 is 59.3 Å². The average molecular weight is 817 g/mol. The van der Waals surface area contributed by atoms with E-state index in [0.717, 1.165) is 12.1 Å². The summed E-state index contributed by atoms with van der Waals surface area (Å²) in [7, 11) is -11.0. The Balaban J connectivity index is 1.63. The number of nitrogens with one attached hydrogen (secondary N) is 3. The van der Waals surface area contributed by atoms with Crippen LogP contribution in [0.4, 0.5) is 35.2 Å². The predicted octanol–water partition coefficient (Wildman–Crippen LogP) is 1.65. The minimum absolute atomic E-state index is 0.0208. The van der Waals surface area contributed by atoms with Gasteiger partial charge in [0.1, 0.15) is 15.8 Å². The number of nitrogens with zero attached hydrogens (tertiary/aromatic N) is 7. The largest absolute Gasteiger partial charge is 0.467 e. The number of hydrogen-bond donors (Lipinski definition) is 10. The summed E-state index contributed by atoms with van der Waals surface area (Å²) >= 11 is 0. The number of methoxy groups -OCH3 is 2. The van der Waals surface area contributed by atoms with Crippen molar-refractivity contribution in [2.75, 3.05) is 73.7 Å². The van der Waals surface area contributed by atoms with E-state index >= 15 is 0 Å². The first-order valence-corrected chi connectivity index (χ1v) is 19.7. The van der Waals surface area contributed by atoms with Crippen LogP contribution in [0.2, 0.25) is 0 Å². The molecule has 2 aromatic carbocycles. The first kappa shape index (κ1) is 41.7. The van der Waals surface area contributed by atoms with Gasteiger partial charge in [0, 0.05) is 31.0 Å². The van der Waals surface area contributed by atoms with Crippen LogP contribution >= 0.6 is 10.9 Å². The average Bonchev–Trinajstić information content (AvgIpc) is 3.09. The van der Waals surface area contributed by atoms with E-state index in [1.54, 1.807) is 0 Å². The van der Waals surface area contributed by atoms with Gasteiger partial charge in [-0.1, -0.05) is 24.3 Å². The van der Waals surface area contributed by atoms with Gasteiger partial charge in [-0.3, -0.25) is 9.11 Å². The number of benzene rings is 2. The quantitative estimate of drug-likeness (QED) is 0.0475. The summed E-state index contributed by atoms with van der Waals surface area (Å²) in [5.74, 6) is -0.980. The van der Waals surface area contributed by atoms with Gasteiger partial charge in [-0.2, -0.15) is 46.7 Å². The van der Waals surface area contributed by atoms with Crippen LogP contribution in [0.25, 0.3) is 12.2 Å². The van der Waals surface area contributed by atoms with Crippen LogP contribution in [0.15, 0.2) is 46.2 Å². The summed E-state index contributed by atoms with van der Waals surface area (Å²) in [6, 6.07) is 7.40. The molecule has 2 heterocycles. The topological polar surface area (TPSA) is 345 Å². The maximum absolute atomic E-state index is 12.5. The van der Waals surface area contributed by atoms with E-state index in [1.807, 2.05) is 0 Å². The summed E-state index contributed by atoms with van der Waals surface area (Å²) in [5, 5.41) is 26.9. The van der Waals surface area contributed by atoms with Crippen molar-refractivity contribution in [3.05, 3.63) is 47.5 Å². The molecule has 4 aromatic rings. The smallest absolute Gasteiger partial charge is 0.322 e. The molecule has 0 unspecified atom stereocenters. The molecule has 23 nitrogen and oxygen atoms in total. The maximum Gasteiger partial charge on any atom is 0.322 e. The van der Waals surface area contributed by atoms with Crippen LogP contribution in [0.1, 0.15) is 11.1 Å². The van der Waals surface area contributed by atoms with Crippen LogP contribution in [-0.2, 0) is 20.2 Å². The molecule has 26 heteroatoms. The minimum Gasteiger partial charge on any atom is -0.467 e. The zero-order valence-corrected chi connectivity index (χ0v) is 30.7. The molecule has 0 radical (unpaired) electrons. The van der Waals surface area contributed by atoms with E-state index in [4.69, 9.17) is 14.0 Å². The Bertz CT molecular complexity index is 2190. The normalized spacial score (nSPS) is 12.4. The summed E-state index contributed by atoms with van der Waals surface area (Å²) in [5.41, 5.74) is 0.189. The fraction of sp³-hybridized carbons (Fsp3) is 0.286. The van der Waals surface area contributed by atoms with Gasteiger partial charge in [-0.05, 0) is 35.4 Å². The number of hydrogen-bond acceptors (Lipinski definition) is 21. The molecule has 4 rings (SSSR count). The molecular formula is C28H36N10O13S3. The first-order valence-electron chi connectivity index (χ1n) is 15.2. The monoisotopic (exact) mass is 816 g/mol. The van der Waals surface area contributed by atoms with Crippen LogP contribution < -0.4 is 30.3 Å². The van der Waals surface area contributed by atoms with Crippen LogP contribution in [0.5, 0.6) is 12.0 Å². The van der Waals surface area contributed by atoms with Crippen molar-refractivity contribution in [2.45, 2.75) is 9.79 Å². The number of aliphatic hydroxyl groups excluding tert-OH is 2. The van der Waals surface area contributed by atoms with Crippen LogP contribution in [0.3, 0.4) is 0 Å². The molecular weight excluding hydrogens is 781 g/mol. The van der Waals surface area contributed by atoms with Gasteiger partial charge in [-0.25, -0.2) is 0 Å². The number of anilines is 6. The molecule has 0 atom stereocenters. The lowest BCUT2D eigenvalue weighted by atomic mass is 10.1. The van der Waals surface area contributed by atoms with Crippen molar-refractivity contribution in [1.29, 1.82) is 0 Å². The SMILES string of the molecule is COc1nc(NCCS(=O)(=O)O)nc(Nc2ccc(C=Cc3ccc(Nc4nc(OC)nc(N(CCO)CCO)n4)cc3S(=O)(=O)O)c(S(O)(O)O)c2)n1. The Hall–Kier alpha value is -5.03. The van der Waals surface area contributed by atoms with Crippen molar-refractivity contribution in [1.82, 2.24) is 29.9 Å². The highest BCUT2D eigenvalue weighted by molar-refractivity contribution is 8.19. The van der Waals surface area contributed by atoms with Gasteiger partial charge in [-0.15, -0.1) is 0 Å². The van der Waals surface area contributed by atoms with Gasteiger partial charge >= 0.3 is 12.0 Å². The van der Waals surface area contributed by atoms with Gasteiger partial charge in [0.05, 0.1) is 38.1 Å². The van der Waals surface area contributed by atoms with E-state index in [9.17, 15) is 45.3 Å². The molecule has 0 bridgehead atoms. The Kier molecular flexibility index (Phi) is 13.8. The second kappa shape index (κ2) is 17.9. The zero-order valence-electron chi connectivity index (χ0n) is 28.3. The number of rotatable bonds is 19. The molecule has 2 aromatic heterocycles. The molecule has 294 valence electrons. The lowest BCUT2D eigenvalue weighted by Gasteiger charge is -2.22. The number of aromatic nitrogens is 6. The lowest BCUT2D eigenvalue weighted by molar-refractivity contribution is 0.279. The lowest BCUT2D eigenvalue weighted by Crippen LogP contribution is -2.31. The molecule has 0 amide bonds. The summed E-state index contributed by atoms with van der Waals surface area (Å²) in [6.45, 7) is -0.657. The van der Waals surface area contributed by atoms with Gasteiger partial charge in [0.15, 0.2) is 0 Å². The van der Waals surface area contributed by atoms with E-state index in [2.05, 4.69) is 45.9 Å². The fourth-order valence-electron chi connectivity index (χ4n) is 4.46. The number of aliphatic hydroxyl groups is 2.